The molecule has 2 heteroatoms. The van der Waals surface area contributed by atoms with E-state index in [0.29, 0.717) is 0 Å². The van der Waals surface area contributed by atoms with Crippen molar-refractivity contribution in [3.63, 3.8) is 0 Å². The third-order valence-corrected chi connectivity index (χ3v) is 2.46. The summed E-state index contributed by atoms with van der Waals surface area (Å²) in [6, 6.07) is 0. The molecule has 2 nitrogen and oxygen atoms in total. The lowest BCUT2D eigenvalue weighted by molar-refractivity contribution is 0.316. The largest absolute Gasteiger partial charge is 0.309 e. The lowest BCUT2D eigenvalue weighted by Gasteiger charge is -2.25. The second kappa shape index (κ2) is 4.77. The van der Waals surface area contributed by atoms with Gasteiger partial charge in [-0.3, -0.25) is 0 Å². The fourth-order valence-electron chi connectivity index (χ4n) is 1.76. The first-order valence-electron chi connectivity index (χ1n) is 5.16. The Kier molecular flexibility index (Phi) is 3.94. The molecule has 0 saturated carbocycles. The Hall–Kier alpha value is -0.340. The van der Waals surface area contributed by atoms with E-state index < -0.39 is 0 Å². The van der Waals surface area contributed by atoms with Crippen LogP contribution >= 0.6 is 0 Å². The van der Waals surface area contributed by atoms with Crippen LogP contribution in [0.2, 0.25) is 0 Å². The molecule has 0 aromatic carbocycles. The molecule has 1 heterocycles. The maximum Gasteiger partial charge on any atom is 0.0190 e. The minimum atomic E-state index is 0.766. The van der Waals surface area contributed by atoms with Crippen molar-refractivity contribution in [2.75, 3.05) is 33.2 Å². The molecule has 13 heavy (non-hydrogen) atoms. The smallest absolute Gasteiger partial charge is 0.0190 e. The van der Waals surface area contributed by atoms with Crippen molar-refractivity contribution in [3.8, 4) is 0 Å². The topological polar surface area (TPSA) is 15.3 Å². The minimum Gasteiger partial charge on any atom is -0.309 e. The maximum atomic E-state index is 3.28. The third-order valence-electron chi connectivity index (χ3n) is 2.46. The van der Waals surface area contributed by atoms with Gasteiger partial charge in [-0.1, -0.05) is 19.4 Å². The predicted molar refractivity (Wildman–Crippen MR) is 57.9 cm³/mol. The predicted octanol–water partition coefficient (Wildman–Crippen LogP) is 1.49. The van der Waals surface area contributed by atoms with Crippen LogP contribution in [-0.2, 0) is 0 Å². The number of nitrogens with zero attached hydrogens (tertiary/aromatic N) is 1. The van der Waals surface area contributed by atoms with Crippen molar-refractivity contribution >= 4 is 0 Å². The average molecular weight is 182 g/mol. The van der Waals surface area contributed by atoms with Gasteiger partial charge in [0, 0.05) is 26.2 Å². The van der Waals surface area contributed by atoms with E-state index in [1.807, 2.05) is 0 Å². The van der Waals surface area contributed by atoms with Crippen molar-refractivity contribution in [1.82, 2.24) is 10.2 Å². The summed E-state index contributed by atoms with van der Waals surface area (Å²) in [6.07, 6.45) is 0. The summed E-state index contributed by atoms with van der Waals surface area (Å²) in [5.74, 6) is 0.766. The molecule has 0 aliphatic carbocycles. The number of hydrogen-bond acceptors (Lipinski definition) is 2. The molecular weight excluding hydrogens is 160 g/mol. The average Bonchev–Trinajstić information content (AvgIpc) is 1.78. The van der Waals surface area contributed by atoms with Crippen LogP contribution in [0.4, 0.5) is 0 Å². The summed E-state index contributed by atoms with van der Waals surface area (Å²) in [4.78, 5) is 2.41. The van der Waals surface area contributed by atoms with Gasteiger partial charge in [0.25, 0.3) is 0 Å². The molecule has 0 bridgehead atoms. The van der Waals surface area contributed by atoms with Gasteiger partial charge < -0.3 is 10.2 Å². The van der Waals surface area contributed by atoms with Crippen molar-refractivity contribution < 1.29 is 0 Å². The Morgan fingerprint density at radius 1 is 1.46 bits per heavy atom. The highest BCUT2D eigenvalue weighted by Crippen LogP contribution is 2.10. The Bertz CT molecular complexity index is 188. The van der Waals surface area contributed by atoms with Crippen LogP contribution in [0.5, 0.6) is 0 Å². The molecular formula is C11H22N2. The van der Waals surface area contributed by atoms with Crippen molar-refractivity contribution in [3.05, 3.63) is 11.1 Å². The minimum absolute atomic E-state index is 0.766. The molecule has 0 spiro atoms. The van der Waals surface area contributed by atoms with Crippen LogP contribution in [0.3, 0.4) is 0 Å². The van der Waals surface area contributed by atoms with E-state index in [0.717, 1.165) is 25.6 Å². The second-order valence-electron chi connectivity index (χ2n) is 4.58. The summed E-state index contributed by atoms with van der Waals surface area (Å²) in [6.45, 7) is 11.3. The number of hydrogen-bond donors (Lipinski definition) is 1. The summed E-state index contributed by atoms with van der Waals surface area (Å²) >= 11 is 0. The van der Waals surface area contributed by atoms with E-state index in [4.69, 9.17) is 0 Å². The fraction of sp³-hybridized carbons (Fsp3) is 0.818. The zero-order chi connectivity index (χ0) is 9.84. The summed E-state index contributed by atoms with van der Waals surface area (Å²) < 4.78 is 0. The highest BCUT2D eigenvalue weighted by atomic mass is 15.1. The first kappa shape index (κ1) is 10.7. The van der Waals surface area contributed by atoms with Gasteiger partial charge in [0.1, 0.15) is 0 Å². The van der Waals surface area contributed by atoms with E-state index >= 15 is 0 Å². The molecule has 0 amide bonds. The molecule has 1 fully saturated rings. The van der Waals surface area contributed by atoms with Crippen LogP contribution in [0.1, 0.15) is 20.8 Å². The van der Waals surface area contributed by atoms with Gasteiger partial charge in [-0.05, 0) is 25.5 Å². The molecule has 1 aliphatic heterocycles. The van der Waals surface area contributed by atoms with Crippen LogP contribution in [0.25, 0.3) is 0 Å². The summed E-state index contributed by atoms with van der Waals surface area (Å²) in [7, 11) is 2.20. The van der Waals surface area contributed by atoms with E-state index in [-0.39, 0.29) is 0 Å². The molecule has 1 aliphatic rings. The molecule has 0 atom stereocenters. The third kappa shape index (κ3) is 3.49. The van der Waals surface area contributed by atoms with Crippen LogP contribution in [-0.4, -0.2) is 38.1 Å². The van der Waals surface area contributed by atoms with Crippen molar-refractivity contribution in [2.45, 2.75) is 20.8 Å². The van der Waals surface area contributed by atoms with Crippen LogP contribution in [0, 0.1) is 5.92 Å². The Labute approximate surface area is 82.0 Å². The number of nitrogens with one attached hydrogen (secondary N) is 1. The second-order valence-corrected chi connectivity index (χ2v) is 4.58. The molecule has 1 rings (SSSR count). The highest BCUT2D eigenvalue weighted by molar-refractivity contribution is 5.22. The van der Waals surface area contributed by atoms with Gasteiger partial charge in [-0.25, -0.2) is 0 Å². The van der Waals surface area contributed by atoms with E-state index in [9.17, 15) is 0 Å². The fourth-order valence-corrected chi connectivity index (χ4v) is 1.76. The Balaban J connectivity index is 2.30. The number of likely N-dealkylation sites (N-methyl/N-ethyl adjacent to an activating group) is 1. The lowest BCUT2D eigenvalue weighted by atomic mass is 10.0. The molecule has 0 aromatic rings. The number of rotatable bonds is 4. The molecule has 0 unspecified atom stereocenters. The zero-order valence-corrected chi connectivity index (χ0v) is 9.35. The first-order chi connectivity index (χ1) is 6.09. The van der Waals surface area contributed by atoms with E-state index in [1.165, 1.54) is 6.54 Å². The molecule has 0 radical (unpaired) electrons. The van der Waals surface area contributed by atoms with Gasteiger partial charge >= 0.3 is 0 Å². The van der Waals surface area contributed by atoms with E-state index in [2.05, 4.69) is 38.0 Å². The molecule has 0 aromatic heterocycles. The van der Waals surface area contributed by atoms with Gasteiger partial charge in [0.15, 0.2) is 0 Å². The van der Waals surface area contributed by atoms with Gasteiger partial charge in [-0.2, -0.15) is 0 Å². The van der Waals surface area contributed by atoms with Crippen molar-refractivity contribution in [1.29, 1.82) is 0 Å². The summed E-state index contributed by atoms with van der Waals surface area (Å²) in [5.41, 5.74) is 3.16. The van der Waals surface area contributed by atoms with E-state index in [1.54, 1.807) is 11.1 Å². The van der Waals surface area contributed by atoms with Crippen molar-refractivity contribution in [2.24, 2.45) is 5.92 Å². The maximum absolute atomic E-state index is 3.28. The molecule has 1 N–H and O–H groups in total. The quantitative estimate of drug-likeness (QED) is 0.663. The molecule has 1 saturated heterocycles. The summed E-state index contributed by atoms with van der Waals surface area (Å²) in [5, 5.41) is 3.28. The monoisotopic (exact) mass is 182 g/mol. The SMILES string of the molecule is CC(CN(C)CC(C)C)=C1CNC1. The van der Waals surface area contributed by atoms with Gasteiger partial charge in [0.2, 0.25) is 0 Å². The standard InChI is InChI=1S/C11H22N2/c1-9(2)7-13(4)8-10(3)11-5-12-6-11/h9,12H,5-8H2,1-4H3. The Morgan fingerprint density at radius 3 is 2.46 bits per heavy atom. The van der Waals surface area contributed by atoms with Crippen LogP contribution in [0.15, 0.2) is 11.1 Å². The highest BCUT2D eigenvalue weighted by Gasteiger charge is 2.11. The normalized spacial score (nSPS) is 16.6. The first-order valence-corrected chi connectivity index (χ1v) is 5.16. The lowest BCUT2D eigenvalue weighted by Crippen LogP contribution is -2.36. The van der Waals surface area contributed by atoms with Gasteiger partial charge in [0.05, 0.1) is 0 Å². The Morgan fingerprint density at radius 2 is 2.08 bits per heavy atom. The zero-order valence-electron chi connectivity index (χ0n) is 9.35. The van der Waals surface area contributed by atoms with Crippen LogP contribution < -0.4 is 5.32 Å². The van der Waals surface area contributed by atoms with Gasteiger partial charge in [-0.15, -0.1) is 0 Å². The molecule has 76 valence electrons.